The van der Waals surface area contributed by atoms with Crippen LogP contribution >= 0.6 is 0 Å². The van der Waals surface area contributed by atoms with Gasteiger partial charge < -0.3 is 15.2 Å². The molecular weight excluding hydrogens is 400 g/mol. The minimum atomic E-state index is -0.387. The summed E-state index contributed by atoms with van der Waals surface area (Å²) in [5, 5.41) is 2.85. The van der Waals surface area contributed by atoms with Crippen LogP contribution in [0.2, 0.25) is 0 Å². The van der Waals surface area contributed by atoms with Crippen LogP contribution in [0.5, 0.6) is 0 Å². The van der Waals surface area contributed by atoms with Crippen LogP contribution in [-0.2, 0) is 13.1 Å². The molecule has 6 heteroatoms. The van der Waals surface area contributed by atoms with Gasteiger partial charge in [0.05, 0.1) is 0 Å². The van der Waals surface area contributed by atoms with Crippen LogP contribution in [0, 0.1) is 0 Å². The first-order valence-electron chi connectivity index (χ1n) is 11.2. The maximum Gasteiger partial charge on any atom is 0.261 e. The highest BCUT2D eigenvalue weighted by Gasteiger charge is 2.15. The van der Waals surface area contributed by atoms with Crippen molar-refractivity contribution >= 4 is 5.91 Å². The van der Waals surface area contributed by atoms with Gasteiger partial charge in [-0.3, -0.25) is 14.5 Å². The molecule has 6 nitrogen and oxygen atoms in total. The zero-order valence-corrected chi connectivity index (χ0v) is 18.5. The number of hydrogen-bond donors (Lipinski definition) is 2. The van der Waals surface area contributed by atoms with Crippen molar-refractivity contribution in [3.05, 3.63) is 93.8 Å². The van der Waals surface area contributed by atoms with Gasteiger partial charge in [-0.05, 0) is 35.4 Å². The van der Waals surface area contributed by atoms with Crippen LogP contribution in [0.25, 0.3) is 11.3 Å². The molecule has 2 heterocycles. The van der Waals surface area contributed by atoms with E-state index in [4.69, 9.17) is 0 Å². The summed E-state index contributed by atoms with van der Waals surface area (Å²) in [4.78, 5) is 32.7. The number of carbonyl (C=O) groups is 1. The molecule has 0 aliphatic carbocycles. The van der Waals surface area contributed by atoms with Crippen molar-refractivity contribution in [2.24, 2.45) is 0 Å². The van der Waals surface area contributed by atoms with E-state index < -0.39 is 0 Å². The summed E-state index contributed by atoms with van der Waals surface area (Å²) in [6.07, 6.45) is 0. The zero-order valence-electron chi connectivity index (χ0n) is 18.5. The summed E-state index contributed by atoms with van der Waals surface area (Å²) in [6, 6.07) is 21.2. The van der Waals surface area contributed by atoms with Gasteiger partial charge in [0.25, 0.3) is 11.5 Å². The average Bonchev–Trinajstić information content (AvgIpc) is 2.84. The summed E-state index contributed by atoms with van der Waals surface area (Å²) >= 11 is 0. The third-order valence-corrected chi connectivity index (χ3v) is 6.03. The van der Waals surface area contributed by atoms with Gasteiger partial charge in [-0.15, -0.1) is 0 Å². The molecule has 0 saturated carbocycles. The highest BCUT2D eigenvalue weighted by atomic mass is 16.2. The van der Waals surface area contributed by atoms with E-state index in [0.717, 1.165) is 50.4 Å². The van der Waals surface area contributed by atoms with Crippen molar-refractivity contribution in [3.63, 3.8) is 0 Å². The second-order valence-electron chi connectivity index (χ2n) is 8.19. The third-order valence-electron chi connectivity index (χ3n) is 6.03. The standard InChI is InChI=1S/C26H30N4O2/c1-2-29-14-16-30(17-15-29)19-21-10-8-20(9-11-21)18-27-25(31)23-12-13-24(28-26(23)32)22-6-4-3-5-7-22/h3-13H,2,14-19H2,1H3,(H,27,31)(H,28,32). The van der Waals surface area contributed by atoms with Crippen LogP contribution in [0.1, 0.15) is 28.4 Å². The summed E-state index contributed by atoms with van der Waals surface area (Å²) < 4.78 is 0. The number of pyridine rings is 1. The van der Waals surface area contributed by atoms with E-state index in [1.807, 2.05) is 42.5 Å². The number of piperazine rings is 1. The van der Waals surface area contributed by atoms with Gasteiger partial charge in [-0.2, -0.15) is 0 Å². The molecule has 4 rings (SSSR count). The van der Waals surface area contributed by atoms with Crippen molar-refractivity contribution in [1.82, 2.24) is 20.1 Å². The molecule has 0 bridgehead atoms. The van der Waals surface area contributed by atoms with E-state index in [2.05, 4.69) is 39.2 Å². The first-order valence-corrected chi connectivity index (χ1v) is 11.2. The fraction of sp³-hybridized carbons (Fsp3) is 0.308. The monoisotopic (exact) mass is 430 g/mol. The minimum absolute atomic E-state index is 0.118. The molecule has 1 saturated heterocycles. The molecule has 3 aromatic rings. The normalized spacial score (nSPS) is 14.9. The summed E-state index contributed by atoms with van der Waals surface area (Å²) in [5.41, 5.74) is 3.62. The lowest BCUT2D eigenvalue weighted by Gasteiger charge is -2.34. The lowest BCUT2D eigenvalue weighted by atomic mass is 10.1. The average molecular weight is 431 g/mol. The first kappa shape index (κ1) is 22.0. The van der Waals surface area contributed by atoms with Gasteiger partial charge in [-0.25, -0.2) is 0 Å². The maximum absolute atomic E-state index is 12.5. The highest BCUT2D eigenvalue weighted by Crippen LogP contribution is 2.15. The van der Waals surface area contributed by atoms with Crippen LogP contribution in [0.15, 0.2) is 71.5 Å². The van der Waals surface area contributed by atoms with Crippen molar-refractivity contribution in [2.45, 2.75) is 20.0 Å². The Morgan fingerprint density at radius 3 is 2.19 bits per heavy atom. The summed E-state index contributed by atoms with van der Waals surface area (Å²) in [7, 11) is 0. The second kappa shape index (κ2) is 10.4. The molecule has 32 heavy (non-hydrogen) atoms. The SMILES string of the molecule is CCN1CCN(Cc2ccc(CNC(=O)c3ccc(-c4ccccc4)[nH]c3=O)cc2)CC1. The van der Waals surface area contributed by atoms with Crippen LogP contribution in [0.3, 0.4) is 0 Å². The number of benzene rings is 2. The molecule has 166 valence electrons. The fourth-order valence-corrected chi connectivity index (χ4v) is 4.00. The van der Waals surface area contributed by atoms with Crippen LogP contribution < -0.4 is 10.9 Å². The van der Waals surface area contributed by atoms with E-state index >= 15 is 0 Å². The molecule has 2 N–H and O–H groups in total. The Hall–Kier alpha value is -3.22. The number of amides is 1. The van der Waals surface area contributed by atoms with Gasteiger partial charge >= 0.3 is 0 Å². The number of carbonyl (C=O) groups excluding carboxylic acids is 1. The molecular formula is C26H30N4O2. The Morgan fingerprint density at radius 1 is 0.875 bits per heavy atom. The Bertz CT molecular complexity index is 1080. The Morgan fingerprint density at radius 2 is 1.53 bits per heavy atom. The lowest BCUT2D eigenvalue weighted by molar-refractivity contribution is 0.0949. The quantitative estimate of drug-likeness (QED) is 0.604. The second-order valence-corrected chi connectivity index (χ2v) is 8.19. The van der Waals surface area contributed by atoms with E-state index in [-0.39, 0.29) is 17.0 Å². The number of likely N-dealkylation sites (N-methyl/N-ethyl adjacent to an activating group) is 1. The molecule has 1 fully saturated rings. The number of nitrogens with zero attached hydrogens (tertiary/aromatic N) is 2. The Labute approximate surface area is 188 Å². The number of aromatic amines is 1. The van der Waals surface area contributed by atoms with Crippen LogP contribution in [-0.4, -0.2) is 53.4 Å². The zero-order chi connectivity index (χ0) is 22.3. The minimum Gasteiger partial charge on any atom is -0.348 e. The van der Waals surface area contributed by atoms with Gasteiger partial charge in [-0.1, -0.05) is 61.5 Å². The fourth-order valence-electron chi connectivity index (χ4n) is 4.00. The number of H-pyrrole nitrogens is 1. The lowest BCUT2D eigenvalue weighted by Crippen LogP contribution is -2.45. The van der Waals surface area contributed by atoms with Gasteiger partial charge in [0.2, 0.25) is 0 Å². The maximum atomic E-state index is 12.5. The van der Waals surface area contributed by atoms with E-state index in [0.29, 0.717) is 12.2 Å². The third kappa shape index (κ3) is 5.52. The molecule has 0 spiro atoms. The summed E-state index contributed by atoms with van der Waals surface area (Å²) in [5.74, 6) is -0.372. The number of nitrogens with one attached hydrogen (secondary N) is 2. The molecule has 1 aliphatic rings. The smallest absolute Gasteiger partial charge is 0.261 e. The van der Waals surface area contributed by atoms with Crippen molar-refractivity contribution in [2.75, 3.05) is 32.7 Å². The van der Waals surface area contributed by atoms with Crippen LogP contribution in [0.4, 0.5) is 0 Å². The van der Waals surface area contributed by atoms with Gasteiger partial charge in [0, 0.05) is 45.0 Å². The topological polar surface area (TPSA) is 68.4 Å². The predicted molar refractivity (Wildman–Crippen MR) is 128 cm³/mol. The van der Waals surface area contributed by atoms with E-state index in [1.54, 1.807) is 12.1 Å². The predicted octanol–water partition coefficient (Wildman–Crippen LogP) is 3.11. The van der Waals surface area contributed by atoms with Crippen molar-refractivity contribution in [3.8, 4) is 11.3 Å². The van der Waals surface area contributed by atoms with E-state index in [9.17, 15) is 9.59 Å². The molecule has 0 radical (unpaired) electrons. The van der Waals surface area contributed by atoms with E-state index in [1.165, 1.54) is 5.56 Å². The van der Waals surface area contributed by atoms with Gasteiger partial charge in [0.1, 0.15) is 5.56 Å². The highest BCUT2D eigenvalue weighted by molar-refractivity contribution is 5.94. The van der Waals surface area contributed by atoms with Gasteiger partial charge in [0.15, 0.2) is 0 Å². The molecule has 2 aromatic carbocycles. The Balaban J connectivity index is 1.31. The molecule has 0 unspecified atom stereocenters. The largest absolute Gasteiger partial charge is 0.348 e. The number of rotatable bonds is 7. The first-order chi connectivity index (χ1) is 15.6. The summed E-state index contributed by atoms with van der Waals surface area (Å²) in [6.45, 7) is 9.13. The van der Waals surface area contributed by atoms with Crippen molar-refractivity contribution in [1.29, 1.82) is 0 Å². The molecule has 1 aliphatic heterocycles. The number of aromatic nitrogens is 1. The molecule has 1 amide bonds. The Kier molecular flexibility index (Phi) is 7.14. The molecule has 1 aromatic heterocycles. The number of hydrogen-bond acceptors (Lipinski definition) is 4. The molecule has 0 atom stereocenters. The van der Waals surface area contributed by atoms with Crippen molar-refractivity contribution < 1.29 is 4.79 Å².